The zero-order valence-corrected chi connectivity index (χ0v) is 12.4. The highest BCUT2D eigenvalue weighted by Crippen LogP contribution is 2.27. The molecule has 0 saturated heterocycles. The van der Waals surface area contributed by atoms with Crippen molar-refractivity contribution in [2.24, 2.45) is 0 Å². The molecule has 0 fully saturated rings. The summed E-state index contributed by atoms with van der Waals surface area (Å²) >= 11 is 4.69. The van der Waals surface area contributed by atoms with E-state index in [0.717, 1.165) is 35.8 Å². The smallest absolute Gasteiger partial charge is 0.138 e. The summed E-state index contributed by atoms with van der Waals surface area (Å²) in [5.74, 6) is -0.256. The van der Waals surface area contributed by atoms with E-state index in [1.165, 1.54) is 6.07 Å². The monoisotopic (exact) mass is 328 g/mol. The van der Waals surface area contributed by atoms with Gasteiger partial charge in [-0.15, -0.1) is 11.3 Å². The van der Waals surface area contributed by atoms with E-state index in [0.29, 0.717) is 4.47 Å². The van der Waals surface area contributed by atoms with Crippen molar-refractivity contribution >= 4 is 27.3 Å². The standard InChI is InChI=1S/C13H14BrFN2S/c1-2-5-16-7-10-8-18-13(17-10)9-3-4-11(14)12(15)6-9/h3-4,6,8,16H,2,5,7H2,1H3. The number of aromatic nitrogens is 1. The summed E-state index contributed by atoms with van der Waals surface area (Å²) in [5, 5.41) is 6.17. The Bertz CT molecular complexity index is 527. The molecule has 0 radical (unpaired) electrons. The van der Waals surface area contributed by atoms with Gasteiger partial charge in [-0.2, -0.15) is 0 Å². The highest BCUT2D eigenvalue weighted by atomic mass is 79.9. The Labute approximate surface area is 118 Å². The predicted octanol–water partition coefficient (Wildman–Crippen LogP) is 4.21. The Hall–Kier alpha value is -0.780. The van der Waals surface area contributed by atoms with Crippen LogP contribution in [0.25, 0.3) is 10.6 Å². The second kappa shape index (κ2) is 6.41. The molecular weight excluding hydrogens is 315 g/mol. The topological polar surface area (TPSA) is 24.9 Å². The molecule has 5 heteroatoms. The van der Waals surface area contributed by atoms with Gasteiger partial charge in [0.1, 0.15) is 10.8 Å². The molecule has 1 heterocycles. The lowest BCUT2D eigenvalue weighted by molar-refractivity contribution is 0.621. The maximum atomic E-state index is 13.4. The quantitative estimate of drug-likeness (QED) is 0.831. The Morgan fingerprint density at radius 1 is 1.44 bits per heavy atom. The van der Waals surface area contributed by atoms with Crippen molar-refractivity contribution in [1.82, 2.24) is 10.3 Å². The normalized spacial score (nSPS) is 10.8. The fraction of sp³-hybridized carbons (Fsp3) is 0.308. The van der Waals surface area contributed by atoms with Crippen molar-refractivity contribution in [2.75, 3.05) is 6.54 Å². The van der Waals surface area contributed by atoms with Gasteiger partial charge in [-0.05, 0) is 41.0 Å². The van der Waals surface area contributed by atoms with Crippen LogP contribution in [-0.4, -0.2) is 11.5 Å². The van der Waals surface area contributed by atoms with E-state index in [9.17, 15) is 4.39 Å². The van der Waals surface area contributed by atoms with Crippen LogP contribution < -0.4 is 5.32 Å². The van der Waals surface area contributed by atoms with Crippen LogP contribution >= 0.6 is 27.3 Å². The molecule has 1 aromatic carbocycles. The first-order chi connectivity index (χ1) is 8.70. The highest BCUT2D eigenvalue weighted by Gasteiger charge is 2.07. The van der Waals surface area contributed by atoms with Crippen LogP contribution in [0.4, 0.5) is 4.39 Å². The van der Waals surface area contributed by atoms with Gasteiger partial charge in [0, 0.05) is 17.5 Å². The molecule has 0 unspecified atom stereocenters. The summed E-state index contributed by atoms with van der Waals surface area (Å²) in [4.78, 5) is 4.50. The van der Waals surface area contributed by atoms with Crippen LogP contribution in [0.2, 0.25) is 0 Å². The van der Waals surface area contributed by atoms with Crippen molar-refractivity contribution in [2.45, 2.75) is 19.9 Å². The SMILES string of the molecule is CCCNCc1csc(-c2ccc(Br)c(F)c2)n1. The molecule has 2 nitrogen and oxygen atoms in total. The third kappa shape index (κ3) is 3.37. The Morgan fingerprint density at radius 3 is 3.00 bits per heavy atom. The van der Waals surface area contributed by atoms with Gasteiger partial charge in [-0.3, -0.25) is 0 Å². The van der Waals surface area contributed by atoms with Crippen molar-refractivity contribution in [3.63, 3.8) is 0 Å². The minimum Gasteiger partial charge on any atom is -0.311 e. The van der Waals surface area contributed by atoms with Gasteiger partial charge < -0.3 is 5.32 Å². The summed E-state index contributed by atoms with van der Waals surface area (Å²) in [5.41, 5.74) is 1.83. The second-order valence-electron chi connectivity index (χ2n) is 3.95. The van der Waals surface area contributed by atoms with Crippen molar-refractivity contribution in [3.8, 4) is 10.6 Å². The summed E-state index contributed by atoms with van der Waals surface area (Å²) in [6.07, 6.45) is 1.11. The largest absolute Gasteiger partial charge is 0.311 e. The van der Waals surface area contributed by atoms with Crippen LogP contribution in [0.5, 0.6) is 0 Å². The number of benzene rings is 1. The first-order valence-electron chi connectivity index (χ1n) is 5.81. The molecule has 0 aliphatic carbocycles. The molecule has 1 N–H and O–H groups in total. The molecule has 96 valence electrons. The zero-order valence-electron chi connectivity index (χ0n) is 10.0. The number of thiazole rings is 1. The summed E-state index contributed by atoms with van der Waals surface area (Å²) in [6, 6.07) is 5.09. The van der Waals surface area contributed by atoms with Gasteiger partial charge in [-0.25, -0.2) is 9.37 Å². The average molecular weight is 329 g/mol. The second-order valence-corrected chi connectivity index (χ2v) is 5.66. The van der Waals surface area contributed by atoms with Gasteiger partial charge in [0.05, 0.1) is 10.2 Å². The first-order valence-corrected chi connectivity index (χ1v) is 7.48. The lowest BCUT2D eigenvalue weighted by Gasteiger charge is -1.99. The van der Waals surface area contributed by atoms with E-state index in [4.69, 9.17) is 0 Å². The van der Waals surface area contributed by atoms with E-state index in [2.05, 4.69) is 33.2 Å². The van der Waals surface area contributed by atoms with Gasteiger partial charge in [0.2, 0.25) is 0 Å². The van der Waals surface area contributed by atoms with Gasteiger partial charge in [0.25, 0.3) is 0 Å². The van der Waals surface area contributed by atoms with E-state index in [-0.39, 0.29) is 5.82 Å². The molecule has 0 spiro atoms. The molecule has 1 aromatic heterocycles. The number of halogens is 2. The average Bonchev–Trinajstić information content (AvgIpc) is 2.82. The van der Waals surface area contributed by atoms with Crippen molar-refractivity contribution in [1.29, 1.82) is 0 Å². The fourth-order valence-corrected chi connectivity index (χ4v) is 2.61. The fourth-order valence-electron chi connectivity index (χ4n) is 1.54. The van der Waals surface area contributed by atoms with Crippen LogP contribution in [0.1, 0.15) is 19.0 Å². The molecule has 0 saturated carbocycles. The van der Waals surface area contributed by atoms with Gasteiger partial charge >= 0.3 is 0 Å². The highest BCUT2D eigenvalue weighted by molar-refractivity contribution is 9.10. The lowest BCUT2D eigenvalue weighted by Crippen LogP contribution is -2.13. The number of hydrogen-bond donors (Lipinski definition) is 1. The van der Waals surface area contributed by atoms with Crippen LogP contribution in [0.3, 0.4) is 0 Å². The molecule has 0 aliphatic heterocycles. The van der Waals surface area contributed by atoms with Crippen LogP contribution in [0, 0.1) is 5.82 Å². The number of nitrogens with zero attached hydrogens (tertiary/aromatic N) is 1. The minimum absolute atomic E-state index is 0.256. The van der Waals surface area contributed by atoms with Crippen LogP contribution in [0.15, 0.2) is 28.1 Å². The van der Waals surface area contributed by atoms with Crippen molar-refractivity contribution < 1.29 is 4.39 Å². The lowest BCUT2D eigenvalue weighted by atomic mass is 10.2. The third-order valence-corrected chi connectivity index (χ3v) is 4.03. The molecule has 0 amide bonds. The van der Waals surface area contributed by atoms with Gasteiger partial charge in [0.15, 0.2) is 0 Å². The Balaban J connectivity index is 2.11. The number of nitrogens with one attached hydrogen (secondary N) is 1. The Morgan fingerprint density at radius 2 is 2.28 bits per heavy atom. The van der Waals surface area contributed by atoms with Crippen molar-refractivity contribution in [3.05, 3.63) is 39.6 Å². The van der Waals surface area contributed by atoms with E-state index in [1.807, 2.05) is 11.4 Å². The summed E-state index contributed by atoms with van der Waals surface area (Å²) in [7, 11) is 0. The summed E-state index contributed by atoms with van der Waals surface area (Å²) in [6.45, 7) is 3.88. The maximum absolute atomic E-state index is 13.4. The molecule has 2 aromatic rings. The predicted molar refractivity (Wildman–Crippen MR) is 77.2 cm³/mol. The third-order valence-electron chi connectivity index (χ3n) is 2.45. The van der Waals surface area contributed by atoms with Crippen LogP contribution in [-0.2, 0) is 6.54 Å². The number of rotatable bonds is 5. The first kappa shape index (κ1) is 13.6. The van der Waals surface area contributed by atoms with Gasteiger partial charge in [-0.1, -0.05) is 13.0 Å². The molecule has 2 rings (SSSR count). The minimum atomic E-state index is -0.256. The van der Waals surface area contributed by atoms with E-state index >= 15 is 0 Å². The summed E-state index contributed by atoms with van der Waals surface area (Å²) < 4.78 is 13.9. The molecule has 0 aliphatic rings. The molecule has 0 bridgehead atoms. The molecule has 0 atom stereocenters. The zero-order chi connectivity index (χ0) is 13.0. The molecular formula is C13H14BrFN2S. The van der Waals surface area contributed by atoms with E-state index in [1.54, 1.807) is 17.4 Å². The maximum Gasteiger partial charge on any atom is 0.138 e. The Kier molecular flexibility index (Phi) is 4.86. The van der Waals surface area contributed by atoms with E-state index < -0.39 is 0 Å². The number of hydrogen-bond acceptors (Lipinski definition) is 3. The molecule has 18 heavy (non-hydrogen) atoms.